The Labute approximate surface area is 96.7 Å². The van der Waals surface area contributed by atoms with E-state index in [0.717, 1.165) is 12.8 Å². The van der Waals surface area contributed by atoms with Crippen molar-refractivity contribution >= 4 is 23.1 Å². The largest absolute Gasteiger partial charge is 0.480 e. The zero-order valence-corrected chi connectivity index (χ0v) is 9.44. The van der Waals surface area contributed by atoms with Gasteiger partial charge in [-0.15, -0.1) is 11.3 Å². The van der Waals surface area contributed by atoms with Gasteiger partial charge in [-0.2, -0.15) is 0 Å². The molecule has 16 heavy (non-hydrogen) atoms. The average molecular weight is 240 g/mol. The van der Waals surface area contributed by atoms with E-state index < -0.39 is 5.97 Å². The summed E-state index contributed by atoms with van der Waals surface area (Å²) in [6.45, 7) is 0.0895. The fraction of sp³-hybridized carbons (Fsp3) is 0.500. The highest BCUT2D eigenvalue weighted by Crippen LogP contribution is 2.26. The Morgan fingerprint density at radius 3 is 2.75 bits per heavy atom. The highest BCUT2D eigenvalue weighted by molar-refractivity contribution is 7.11. The number of carboxylic acids is 1. The molecule has 1 aromatic heterocycles. The van der Waals surface area contributed by atoms with Crippen molar-refractivity contribution in [1.82, 2.24) is 9.88 Å². The monoisotopic (exact) mass is 240 g/mol. The minimum absolute atomic E-state index is 0.0677. The maximum Gasteiger partial charge on any atom is 0.317 e. The van der Waals surface area contributed by atoms with Crippen molar-refractivity contribution in [2.75, 3.05) is 13.1 Å². The number of ketones is 1. The van der Waals surface area contributed by atoms with E-state index in [1.54, 1.807) is 16.5 Å². The van der Waals surface area contributed by atoms with Gasteiger partial charge in [0.1, 0.15) is 0 Å². The lowest BCUT2D eigenvalue weighted by Crippen LogP contribution is -2.36. The molecule has 1 N–H and O–H groups in total. The van der Waals surface area contributed by atoms with Crippen LogP contribution in [0.3, 0.4) is 0 Å². The molecule has 1 aliphatic rings. The smallest absolute Gasteiger partial charge is 0.317 e. The zero-order valence-electron chi connectivity index (χ0n) is 8.63. The quantitative estimate of drug-likeness (QED) is 0.747. The molecule has 0 unspecified atom stereocenters. The third-order valence-electron chi connectivity index (χ3n) is 2.42. The fourth-order valence-corrected chi connectivity index (χ4v) is 2.11. The number of carbonyl (C=O) groups excluding carboxylic acids is 1. The first-order valence-electron chi connectivity index (χ1n) is 5.05. The summed E-state index contributed by atoms with van der Waals surface area (Å²) < 4.78 is 0. The van der Waals surface area contributed by atoms with E-state index in [9.17, 15) is 9.59 Å². The SMILES string of the molecule is O=C(O)CN(CC(=O)c1nccs1)C1CC1. The van der Waals surface area contributed by atoms with E-state index in [2.05, 4.69) is 4.98 Å². The van der Waals surface area contributed by atoms with Crippen LogP contribution in [0.1, 0.15) is 22.6 Å². The number of Topliss-reactive ketones (excluding diaryl/α,β-unsaturated/α-hetero) is 1. The Bertz CT molecular complexity index is 387. The van der Waals surface area contributed by atoms with Crippen LogP contribution in [0.15, 0.2) is 11.6 Å². The molecule has 1 saturated carbocycles. The normalized spacial score (nSPS) is 15.3. The molecule has 1 fully saturated rings. The van der Waals surface area contributed by atoms with Gasteiger partial charge in [-0.05, 0) is 12.8 Å². The molecule has 2 rings (SSSR count). The van der Waals surface area contributed by atoms with Crippen molar-refractivity contribution < 1.29 is 14.7 Å². The number of hydrogen-bond acceptors (Lipinski definition) is 5. The number of aromatic nitrogens is 1. The standard InChI is InChI=1S/C10H12N2O3S/c13-8(10-11-3-4-16-10)5-12(6-9(14)15)7-1-2-7/h3-4,7H,1-2,5-6H2,(H,14,15). The molecule has 0 bridgehead atoms. The van der Waals surface area contributed by atoms with Crippen LogP contribution in [0.5, 0.6) is 0 Å². The van der Waals surface area contributed by atoms with Crippen molar-refractivity contribution in [3.05, 3.63) is 16.6 Å². The van der Waals surface area contributed by atoms with E-state index in [0.29, 0.717) is 5.01 Å². The van der Waals surface area contributed by atoms with E-state index in [-0.39, 0.29) is 24.9 Å². The van der Waals surface area contributed by atoms with Crippen molar-refractivity contribution in [2.45, 2.75) is 18.9 Å². The molecule has 0 saturated heterocycles. The van der Waals surface area contributed by atoms with Crippen LogP contribution in [0, 0.1) is 0 Å². The summed E-state index contributed by atoms with van der Waals surface area (Å²) in [6, 6.07) is 0.264. The first-order valence-corrected chi connectivity index (χ1v) is 5.93. The van der Waals surface area contributed by atoms with Crippen molar-refractivity contribution in [3.63, 3.8) is 0 Å². The summed E-state index contributed by atoms with van der Waals surface area (Å²) in [5.41, 5.74) is 0. The van der Waals surface area contributed by atoms with Crippen LogP contribution >= 0.6 is 11.3 Å². The Morgan fingerprint density at radius 1 is 1.50 bits per heavy atom. The number of hydrogen-bond donors (Lipinski definition) is 1. The molecular weight excluding hydrogens is 228 g/mol. The van der Waals surface area contributed by atoms with Gasteiger partial charge in [-0.25, -0.2) is 4.98 Å². The number of carboxylic acid groups (broad SMARTS) is 1. The van der Waals surface area contributed by atoms with Gasteiger partial charge in [0.2, 0.25) is 5.78 Å². The van der Waals surface area contributed by atoms with Gasteiger partial charge in [0.05, 0.1) is 13.1 Å². The molecule has 0 atom stereocenters. The predicted molar refractivity (Wildman–Crippen MR) is 58.7 cm³/mol. The summed E-state index contributed by atoms with van der Waals surface area (Å²) in [5, 5.41) is 10.9. The van der Waals surface area contributed by atoms with Gasteiger partial charge in [0, 0.05) is 17.6 Å². The van der Waals surface area contributed by atoms with Crippen LogP contribution in [-0.2, 0) is 4.79 Å². The second-order valence-electron chi connectivity index (χ2n) is 3.79. The molecule has 0 aromatic carbocycles. The van der Waals surface area contributed by atoms with Crippen LogP contribution in [-0.4, -0.2) is 45.9 Å². The lowest BCUT2D eigenvalue weighted by molar-refractivity contribution is -0.138. The summed E-state index contributed by atoms with van der Waals surface area (Å²) in [5.74, 6) is -0.984. The second-order valence-corrected chi connectivity index (χ2v) is 4.68. The van der Waals surface area contributed by atoms with Gasteiger partial charge in [0.15, 0.2) is 5.01 Å². The second kappa shape index (κ2) is 4.71. The van der Waals surface area contributed by atoms with Crippen LogP contribution in [0.4, 0.5) is 0 Å². The minimum Gasteiger partial charge on any atom is -0.480 e. The predicted octanol–water partition coefficient (Wildman–Crippen LogP) is 0.875. The number of rotatable bonds is 6. The maximum absolute atomic E-state index is 11.7. The van der Waals surface area contributed by atoms with E-state index in [4.69, 9.17) is 5.11 Å². The summed E-state index contributed by atoms with van der Waals surface area (Å²) >= 11 is 1.29. The van der Waals surface area contributed by atoms with Crippen LogP contribution in [0.25, 0.3) is 0 Å². The average Bonchev–Trinajstić information content (AvgIpc) is 2.91. The van der Waals surface area contributed by atoms with Crippen molar-refractivity contribution in [3.8, 4) is 0 Å². The molecule has 0 aliphatic heterocycles. The topological polar surface area (TPSA) is 70.5 Å². The third-order valence-corrected chi connectivity index (χ3v) is 3.23. The molecule has 1 aromatic rings. The molecule has 1 heterocycles. The highest BCUT2D eigenvalue weighted by Gasteiger charge is 2.32. The lowest BCUT2D eigenvalue weighted by atomic mass is 10.3. The van der Waals surface area contributed by atoms with Crippen molar-refractivity contribution in [2.24, 2.45) is 0 Å². The minimum atomic E-state index is -0.890. The van der Waals surface area contributed by atoms with Gasteiger partial charge in [-0.1, -0.05) is 0 Å². The molecule has 86 valence electrons. The number of nitrogens with zero attached hydrogens (tertiary/aromatic N) is 2. The van der Waals surface area contributed by atoms with Gasteiger partial charge < -0.3 is 5.11 Å². The molecule has 0 radical (unpaired) electrons. The van der Waals surface area contributed by atoms with Crippen LogP contribution in [0.2, 0.25) is 0 Å². The Balaban J connectivity index is 1.95. The first kappa shape index (κ1) is 11.2. The number of aliphatic carboxylic acids is 1. The summed E-state index contributed by atoms with van der Waals surface area (Å²) in [6.07, 6.45) is 3.55. The molecular formula is C10H12N2O3S. The molecule has 5 nitrogen and oxygen atoms in total. The van der Waals surface area contributed by atoms with E-state index >= 15 is 0 Å². The lowest BCUT2D eigenvalue weighted by Gasteiger charge is -2.17. The Hall–Kier alpha value is -1.27. The van der Waals surface area contributed by atoms with Gasteiger partial charge in [0.25, 0.3) is 0 Å². The first-order chi connectivity index (χ1) is 7.66. The molecule has 0 spiro atoms. The zero-order chi connectivity index (χ0) is 11.5. The van der Waals surface area contributed by atoms with E-state index in [1.807, 2.05) is 0 Å². The number of thiazole rings is 1. The Kier molecular flexibility index (Phi) is 3.31. The van der Waals surface area contributed by atoms with Crippen molar-refractivity contribution in [1.29, 1.82) is 0 Å². The van der Waals surface area contributed by atoms with Gasteiger partial charge in [-0.3, -0.25) is 14.5 Å². The maximum atomic E-state index is 11.7. The van der Waals surface area contributed by atoms with Gasteiger partial charge >= 0.3 is 5.97 Å². The third kappa shape index (κ3) is 2.86. The molecule has 6 heteroatoms. The molecule has 1 aliphatic carbocycles. The van der Waals surface area contributed by atoms with Crippen LogP contribution < -0.4 is 0 Å². The Morgan fingerprint density at radius 2 is 2.25 bits per heavy atom. The highest BCUT2D eigenvalue weighted by atomic mass is 32.1. The number of carbonyl (C=O) groups is 2. The fourth-order valence-electron chi connectivity index (χ4n) is 1.54. The summed E-state index contributed by atoms with van der Waals surface area (Å²) in [7, 11) is 0. The summed E-state index contributed by atoms with van der Waals surface area (Å²) in [4.78, 5) is 28.0. The van der Waals surface area contributed by atoms with E-state index in [1.165, 1.54) is 11.3 Å². The molecule has 0 amide bonds.